The molecule has 1 aromatic heterocycles. The maximum absolute atomic E-state index is 6.02. The van der Waals surface area contributed by atoms with E-state index in [9.17, 15) is 0 Å². The van der Waals surface area contributed by atoms with E-state index >= 15 is 0 Å². The van der Waals surface area contributed by atoms with Crippen LogP contribution < -0.4 is 4.74 Å². The number of rotatable bonds is 2. The van der Waals surface area contributed by atoms with Crippen molar-refractivity contribution in [2.24, 2.45) is 0 Å². The molecule has 16 heavy (non-hydrogen) atoms. The van der Waals surface area contributed by atoms with Crippen LogP contribution in [0.15, 0.2) is 22.8 Å². The third-order valence-electron chi connectivity index (χ3n) is 2.09. The second kappa shape index (κ2) is 4.73. The summed E-state index contributed by atoms with van der Waals surface area (Å²) in [5, 5.41) is 1.55. The van der Waals surface area contributed by atoms with Gasteiger partial charge in [0.05, 0.1) is 12.1 Å². The van der Waals surface area contributed by atoms with Crippen molar-refractivity contribution in [3.8, 4) is 16.3 Å². The fourth-order valence-corrected chi connectivity index (χ4v) is 3.16. The second-order valence-corrected chi connectivity index (χ2v) is 5.74. The summed E-state index contributed by atoms with van der Waals surface area (Å²) in [6.45, 7) is 2.03. The minimum atomic E-state index is 0.589. The number of aromatic nitrogens is 1. The zero-order chi connectivity index (χ0) is 11.7. The number of benzene rings is 1. The van der Waals surface area contributed by atoms with Crippen LogP contribution in [0.1, 0.15) is 4.88 Å². The Hall–Kier alpha value is -0.580. The summed E-state index contributed by atoms with van der Waals surface area (Å²) in [7, 11) is 1.60. The van der Waals surface area contributed by atoms with E-state index in [1.54, 1.807) is 18.4 Å². The van der Waals surface area contributed by atoms with Gasteiger partial charge in [0.25, 0.3) is 0 Å². The van der Waals surface area contributed by atoms with Crippen molar-refractivity contribution in [2.75, 3.05) is 7.11 Å². The largest absolute Gasteiger partial charge is 0.495 e. The standard InChI is InChI=1S/C11H9BrClNOS/c1-6-5-14-11(16-6)7-3-10(15-2)9(13)4-8(7)12/h3-5H,1-2H3. The predicted molar refractivity (Wildman–Crippen MR) is 71.5 cm³/mol. The molecule has 1 aromatic carbocycles. The number of aryl methyl sites for hydroxylation is 1. The molecule has 0 saturated carbocycles. The van der Waals surface area contributed by atoms with Crippen LogP contribution in [-0.2, 0) is 0 Å². The maximum atomic E-state index is 6.02. The zero-order valence-corrected chi connectivity index (χ0v) is 11.9. The molecule has 0 aliphatic heterocycles. The van der Waals surface area contributed by atoms with Crippen molar-refractivity contribution >= 4 is 38.9 Å². The van der Waals surface area contributed by atoms with Crippen molar-refractivity contribution in [1.82, 2.24) is 4.98 Å². The highest BCUT2D eigenvalue weighted by Gasteiger charge is 2.11. The number of ether oxygens (including phenoxy) is 1. The molecule has 0 N–H and O–H groups in total. The minimum Gasteiger partial charge on any atom is -0.495 e. The zero-order valence-electron chi connectivity index (χ0n) is 8.75. The van der Waals surface area contributed by atoms with Crippen molar-refractivity contribution in [1.29, 1.82) is 0 Å². The Labute approximate surface area is 111 Å². The molecule has 0 amide bonds. The molecule has 0 unspecified atom stereocenters. The molecule has 0 atom stereocenters. The summed E-state index contributed by atoms with van der Waals surface area (Å²) >= 11 is 11.1. The van der Waals surface area contributed by atoms with Gasteiger partial charge in [-0.15, -0.1) is 11.3 Å². The van der Waals surface area contributed by atoms with Crippen LogP contribution in [0.25, 0.3) is 10.6 Å². The molecule has 0 radical (unpaired) electrons. The monoisotopic (exact) mass is 317 g/mol. The number of nitrogens with zero attached hydrogens (tertiary/aromatic N) is 1. The normalized spacial score (nSPS) is 10.5. The lowest BCUT2D eigenvalue weighted by Crippen LogP contribution is -1.86. The van der Waals surface area contributed by atoms with Gasteiger partial charge in [-0.1, -0.05) is 27.5 Å². The lowest BCUT2D eigenvalue weighted by molar-refractivity contribution is 0.415. The molecule has 0 saturated heterocycles. The summed E-state index contributed by atoms with van der Waals surface area (Å²) in [5.41, 5.74) is 0.999. The molecule has 2 nitrogen and oxygen atoms in total. The average molecular weight is 319 g/mol. The third-order valence-corrected chi connectivity index (χ3v) is 3.99. The summed E-state index contributed by atoms with van der Waals surface area (Å²) in [5.74, 6) is 0.660. The maximum Gasteiger partial charge on any atom is 0.138 e. The Balaban J connectivity index is 2.56. The molecular formula is C11H9BrClNOS. The van der Waals surface area contributed by atoms with Gasteiger partial charge in [0.15, 0.2) is 0 Å². The van der Waals surface area contributed by atoms with Crippen molar-refractivity contribution in [3.63, 3.8) is 0 Å². The van der Waals surface area contributed by atoms with E-state index in [0.717, 1.165) is 15.0 Å². The first-order chi connectivity index (χ1) is 7.61. The first-order valence-corrected chi connectivity index (χ1v) is 6.56. The van der Waals surface area contributed by atoms with Crippen LogP contribution >= 0.6 is 38.9 Å². The molecule has 2 rings (SSSR count). The number of hydrogen-bond acceptors (Lipinski definition) is 3. The van der Waals surface area contributed by atoms with Gasteiger partial charge in [0, 0.05) is 21.1 Å². The van der Waals surface area contributed by atoms with E-state index in [2.05, 4.69) is 20.9 Å². The minimum absolute atomic E-state index is 0.589. The van der Waals surface area contributed by atoms with Gasteiger partial charge in [-0.3, -0.25) is 0 Å². The van der Waals surface area contributed by atoms with Gasteiger partial charge < -0.3 is 4.74 Å². The van der Waals surface area contributed by atoms with Crippen LogP contribution in [0.2, 0.25) is 5.02 Å². The number of halogens is 2. The van der Waals surface area contributed by atoms with E-state index in [1.165, 1.54) is 4.88 Å². The van der Waals surface area contributed by atoms with Gasteiger partial charge >= 0.3 is 0 Å². The van der Waals surface area contributed by atoms with Gasteiger partial charge in [-0.05, 0) is 19.1 Å². The lowest BCUT2D eigenvalue weighted by atomic mass is 10.2. The van der Waals surface area contributed by atoms with E-state index in [4.69, 9.17) is 16.3 Å². The van der Waals surface area contributed by atoms with Crippen molar-refractivity contribution < 1.29 is 4.74 Å². The second-order valence-electron chi connectivity index (χ2n) is 3.24. The Bertz CT molecular complexity index is 527. The van der Waals surface area contributed by atoms with E-state index in [1.807, 2.05) is 25.3 Å². The molecule has 5 heteroatoms. The summed E-state index contributed by atoms with van der Waals surface area (Å²) in [6.07, 6.45) is 1.85. The third kappa shape index (κ3) is 2.24. The molecular weight excluding hydrogens is 310 g/mol. The van der Waals surface area contributed by atoms with Crippen LogP contribution in [0.3, 0.4) is 0 Å². The van der Waals surface area contributed by atoms with Crippen LogP contribution in [0, 0.1) is 6.92 Å². The SMILES string of the molecule is COc1cc(-c2ncc(C)s2)c(Br)cc1Cl. The summed E-state index contributed by atoms with van der Waals surface area (Å²) in [4.78, 5) is 5.52. The van der Waals surface area contributed by atoms with Gasteiger partial charge in [0.2, 0.25) is 0 Å². The molecule has 0 fully saturated rings. The molecule has 0 aliphatic carbocycles. The molecule has 2 aromatic rings. The Morgan fingerprint density at radius 3 is 2.75 bits per heavy atom. The van der Waals surface area contributed by atoms with E-state index in [-0.39, 0.29) is 0 Å². The average Bonchev–Trinajstić information content (AvgIpc) is 2.65. The van der Waals surface area contributed by atoms with Crippen molar-refractivity contribution in [2.45, 2.75) is 6.92 Å². The number of hydrogen-bond donors (Lipinski definition) is 0. The molecule has 0 spiro atoms. The fourth-order valence-electron chi connectivity index (χ4n) is 1.33. The van der Waals surface area contributed by atoms with Gasteiger partial charge in [-0.25, -0.2) is 4.98 Å². The van der Waals surface area contributed by atoms with Gasteiger partial charge in [-0.2, -0.15) is 0 Å². The predicted octanol–water partition coefficient (Wildman–Crippen LogP) is 4.54. The summed E-state index contributed by atoms with van der Waals surface area (Å²) < 4.78 is 6.12. The lowest BCUT2D eigenvalue weighted by Gasteiger charge is -2.07. The van der Waals surface area contributed by atoms with Crippen LogP contribution in [0.4, 0.5) is 0 Å². The number of thiazole rings is 1. The number of methoxy groups -OCH3 is 1. The Kier molecular flexibility index (Phi) is 3.52. The molecule has 0 aliphatic rings. The topological polar surface area (TPSA) is 22.1 Å². The van der Waals surface area contributed by atoms with E-state index in [0.29, 0.717) is 10.8 Å². The van der Waals surface area contributed by atoms with E-state index < -0.39 is 0 Å². The molecule has 0 bridgehead atoms. The highest BCUT2D eigenvalue weighted by molar-refractivity contribution is 9.10. The fraction of sp³-hybridized carbons (Fsp3) is 0.182. The molecule has 84 valence electrons. The van der Waals surface area contributed by atoms with Crippen LogP contribution in [0.5, 0.6) is 5.75 Å². The van der Waals surface area contributed by atoms with Gasteiger partial charge in [0.1, 0.15) is 10.8 Å². The highest BCUT2D eigenvalue weighted by atomic mass is 79.9. The first-order valence-electron chi connectivity index (χ1n) is 4.57. The van der Waals surface area contributed by atoms with Crippen molar-refractivity contribution in [3.05, 3.63) is 32.7 Å². The van der Waals surface area contributed by atoms with Crippen LogP contribution in [-0.4, -0.2) is 12.1 Å². The quantitative estimate of drug-likeness (QED) is 0.811. The smallest absolute Gasteiger partial charge is 0.138 e. The first kappa shape index (κ1) is 11.9. The Morgan fingerprint density at radius 1 is 1.44 bits per heavy atom. The molecule has 1 heterocycles. The Morgan fingerprint density at radius 2 is 2.19 bits per heavy atom. The summed E-state index contributed by atoms with van der Waals surface area (Å²) in [6, 6.07) is 3.72. The highest BCUT2D eigenvalue weighted by Crippen LogP contribution is 2.38.